The second-order valence-corrected chi connectivity index (χ2v) is 11.1. The third kappa shape index (κ3) is 4.00. The van der Waals surface area contributed by atoms with E-state index in [1.165, 1.54) is 19.3 Å². The summed E-state index contributed by atoms with van der Waals surface area (Å²) in [4.78, 5) is 18.8. The largest absolute Gasteiger partial charge is 0.487 e. The first kappa shape index (κ1) is 22.7. The number of likely N-dealkylation sites (tertiary alicyclic amines) is 1. The molecule has 3 aromatic rings. The van der Waals surface area contributed by atoms with Crippen molar-refractivity contribution in [1.29, 1.82) is 0 Å². The molecule has 2 unspecified atom stereocenters. The fourth-order valence-electron chi connectivity index (χ4n) is 6.53. The quantitative estimate of drug-likeness (QED) is 0.394. The number of aromatic nitrogens is 2. The van der Waals surface area contributed by atoms with Gasteiger partial charge in [-0.05, 0) is 61.3 Å². The van der Waals surface area contributed by atoms with Gasteiger partial charge in [-0.25, -0.2) is 4.98 Å². The summed E-state index contributed by atoms with van der Waals surface area (Å²) in [5.74, 6) is 0.273. The lowest BCUT2D eigenvalue weighted by atomic mass is 9.65. The van der Waals surface area contributed by atoms with Crippen molar-refractivity contribution in [2.45, 2.75) is 59.5 Å². The molecule has 180 valence electrons. The van der Waals surface area contributed by atoms with E-state index in [0.29, 0.717) is 34.7 Å². The van der Waals surface area contributed by atoms with E-state index in [4.69, 9.17) is 15.5 Å². The minimum Gasteiger partial charge on any atom is -0.487 e. The lowest BCUT2D eigenvalue weighted by molar-refractivity contribution is -0.385. The number of pyridine rings is 1. The van der Waals surface area contributed by atoms with E-state index in [0.717, 1.165) is 30.1 Å². The summed E-state index contributed by atoms with van der Waals surface area (Å²) in [6.45, 7) is 11.1. The van der Waals surface area contributed by atoms with Crippen molar-refractivity contribution < 1.29 is 9.66 Å². The summed E-state index contributed by atoms with van der Waals surface area (Å²) in [6.07, 6.45) is 5.51. The predicted molar refractivity (Wildman–Crippen MR) is 133 cm³/mol. The minimum atomic E-state index is -0.394. The van der Waals surface area contributed by atoms with Crippen molar-refractivity contribution in [3.05, 3.63) is 52.3 Å². The highest BCUT2D eigenvalue weighted by molar-refractivity contribution is 5.71. The highest BCUT2D eigenvalue weighted by atomic mass is 16.6. The molecule has 2 aliphatic rings. The molecule has 1 aliphatic heterocycles. The molecule has 3 heterocycles. The number of rotatable bonds is 6. The fourth-order valence-corrected chi connectivity index (χ4v) is 6.53. The molecule has 2 fully saturated rings. The first-order chi connectivity index (χ1) is 16.1. The van der Waals surface area contributed by atoms with Gasteiger partial charge in [0.25, 0.3) is 0 Å². The Bertz CT molecular complexity index is 1270. The number of imidazole rings is 1. The van der Waals surface area contributed by atoms with Crippen molar-refractivity contribution >= 4 is 17.0 Å². The summed E-state index contributed by atoms with van der Waals surface area (Å²) in [6, 6.07) is 9.36. The smallest absolute Gasteiger partial charge is 0.311 e. The number of nitro benzene ring substituents is 1. The molecule has 2 N–H and O–H groups in total. The first-order valence-corrected chi connectivity index (χ1v) is 12.0. The van der Waals surface area contributed by atoms with Gasteiger partial charge in [-0.3, -0.25) is 15.0 Å². The number of benzene rings is 1. The van der Waals surface area contributed by atoms with Crippen LogP contribution < -0.4 is 10.5 Å². The number of nitrogen functional groups attached to an aromatic ring is 1. The van der Waals surface area contributed by atoms with E-state index in [9.17, 15) is 10.1 Å². The van der Waals surface area contributed by atoms with Gasteiger partial charge in [0.05, 0.1) is 22.9 Å². The van der Waals surface area contributed by atoms with E-state index in [1.54, 1.807) is 12.1 Å². The lowest BCUT2D eigenvalue weighted by Gasteiger charge is -2.40. The van der Waals surface area contributed by atoms with Crippen molar-refractivity contribution in [2.75, 3.05) is 18.9 Å². The van der Waals surface area contributed by atoms with Gasteiger partial charge in [0.1, 0.15) is 5.65 Å². The number of nitrogens with zero attached hydrogens (tertiary/aromatic N) is 4. The molecule has 2 bridgehead atoms. The zero-order valence-corrected chi connectivity index (χ0v) is 20.4. The molecule has 1 aromatic carbocycles. The Morgan fingerprint density at radius 3 is 2.76 bits per heavy atom. The third-order valence-corrected chi connectivity index (χ3v) is 7.35. The molecule has 34 heavy (non-hydrogen) atoms. The molecule has 0 radical (unpaired) electrons. The van der Waals surface area contributed by atoms with Crippen LogP contribution in [0.15, 0.2) is 36.5 Å². The summed E-state index contributed by atoms with van der Waals surface area (Å²) in [7, 11) is 0. The Morgan fingerprint density at radius 1 is 1.24 bits per heavy atom. The summed E-state index contributed by atoms with van der Waals surface area (Å²) in [5, 5.41) is 11.8. The average Bonchev–Trinajstić information content (AvgIpc) is 3.21. The maximum absolute atomic E-state index is 11.8. The first-order valence-electron chi connectivity index (χ1n) is 12.0. The van der Waals surface area contributed by atoms with Crippen LogP contribution >= 0.6 is 0 Å². The number of hydrogen-bond donors (Lipinski definition) is 1. The average molecular weight is 464 g/mol. The molecule has 2 atom stereocenters. The Labute approximate surface area is 199 Å². The maximum Gasteiger partial charge on any atom is 0.311 e. The van der Waals surface area contributed by atoms with Crippen molar-refractivity contribution in [3.63, 3.8) is 0 Å². The molecule has 0 spiro atoms. The molecule has 5 rings (SSSR count). The number of nitrogens with two attached hydrogens (primary N) is 1. The van der Waals surface area contributed by atoms with Crippen molar-refractivity contribution in [2.24, 2.45) is 10.8 Å². The highest BCUT2D eigenvalue weighted by Crippen LogP contribution is 2.53. The van der Waals surface area contributed by atoms with Crippen LogP contribution in [0.3, 0.4) is 0 Å². The van der Waals surface area contributed by atoms with Crippen LogP contribution in [-0.4, -0.2) is 38.4 Å². The van der Waals surface area contributed by atoms with E-state index in [-0.39, 0.29) is 11.4 Å². The molecule has 0 amide bonds. The number of anilines is 1. The number of fused-ring (bicyclic) bond motifs is 3. The van der Waals surface area contributed by atoms with Crippen LogP contribution in [0.25, 0.3) is 16.9 Å². The summed E-state index contributed by atoms with van der Waals surface area (Å²) in [5.41, 5.74) is 10.6. The minimum absolute atomic E-state index is 0.0480. The molecule has 8 heteroatoms. The number of ether oxygens (including phenoxy) is 1. The molecular formula is C26H33N5O3. The van der Waals surface area contributed by atoms with Gasteiger partial charge >= 0.3 is 5.69 Å². The van der Waals surface area contributed by atoms with E-state index >= 15 is 0 Å². The second kappa shape index (κ2) is 7.98. The van der Waals surface area contributed by atoms with Gasteiger partial charge in [-0.15, -0.1) is 0 Å². The topological polar surface area (TPSA) is 98.9 Å². The molecular weight excluding hydrogens is 430 g/mol. The molecule has 1 saturated heterocycles. The summed E-state index contributed by atoms with van der Waals surface area (Å²) >= 11 is 0. The third-order valence-electron chi connectivity index (χ3n) is 7.35. The van der Waals surface area contributed by atoms with Gasteiger partial charge in [0, 0.05) is 42.6 Å². The standard InChI is InChI=1S/C26H33N5O3/c1-5-34-22-8-6-17(10-20(22)31(32)33)24-21(30-13-18(27)7-9-23(30)28-24)14-29-16-26(4)12-19(29)11-25(2,3)15-26/h6-10,13,19H,5,11-12,14-16,27H2,1-4H3. The zero-order valence-electron chi connectivity index (χ0n) is 20.4. The molecule has 8 nitrogen and oxygen atoms in total. The number of nitro groups is 1. The van der Waals surface area contributed by atoms with E-state index in [2.05, 4.69) is 25.7 Å². The van der Waals surface area contributed by atoms with Crippen LogP contribution in [0.4, 0.5) is 11.4 Å². The van der Waals surface area contributed by atoms with E-state index in [1.807, 2.05) is 35.7 Å². The Balaban J connectivity index is 1.60. The van der Waals surface area contributed by atoms with E-state index < -0.39 is 4.92 Å². The molecule has 1 saturated carbocycles. The monoisotopic (exact) mass is 463 g/mol. The van der Waals surface area contributed by atoms with Crippen LogP contribution in [0, 0.1) is 20.9 Å². The SMILES string of the molecule is CCOc1ccc(-c2nc3ccc(N)cn3c2CN2CC3(C)CC2CC(C)(C)C3)cc1[N+](=O)[O-]. The van der Waals surface area contributed by atoms with Gasteiger partial charge in [0.15, 0.2) is 5.75 Å². The Hall–Kier alpha value is -3.13. The fraction of sp³-hybridized carbons (Fsp3) is 0.500. The van der Waals surface area contributed by atoms with Crippen molar-refractivity contribution in [1.82, 2.24) is 14.3 Å². The molecule has 1 aliphatic carbocycles. The normalized spacial score (nSPS) is 23.9. The van der Waals surface area contributed by atoms with Crippen molar-refractivity contribution in [3.8, 4) is 17.0 Å². The van der Waals surface area contributed by atoms with Gasteiger partial charge < -0.3 is 14.9 Å². The van der Waals surface area contributed by atoms with Crippen LogP contribution in [0.5, 0.6) is 5.75 Å². The second-order valence-electron chi connectivity index (χ2n) is 11.1. The summed E-state index contributed by atoms with van der Waals surface area (Å²) < 4.78 is 7.53. The highest BCUT2D eigenvalue weighted by Gasteiger charge is 2.49. The Kier molecular flexibility index (Phi) is 5.31. The maximum atomic E-state index is 11.8. The molecule has 2 aromatic heterocycles. The number of hydrogen-bond acceptors (Lipinski definition) is 6. The zero-order chi connectivity index (χ0) is 24.3. The van der Waals surface area contributed by atoms with Crippen LogP contribution in [-0.2, 0) is 6.54 Å². The van der Waals surface area contributed by atoms with Gasteiger partial charge in [-0.2, -0.15) is 0 Å². The van der Waals surface area contributed by atoms with Gasteiger partial charge in [-0.1, -0.05) is 20.8 Å². The predicted octanol–water partition coefficient (Wildman–Crippen LogP) is 5.29. The Morgan fingerprint density at radius 2 is 2.03 bits per heavy atom. The van der Waals surface area contributed by atoms with Crippen LogP contribution in [0.2, 0.25) is 0 Å². The van der Waals surface area contributed by atoms with Gasteiger partial charge in [0.2, 0.25) is 0 Å². The lowest BCUT2D eigenvalue weighted by Crippen LogP contribution is -2.34. The van der Waals surface area contributed by atoms with Crippen LogP contribution in [0.1, 0.15) is 52.7 Å².